The highest BCUT2D eigenvalue weighted by molar-refractivity contribution is 9.10. The normalized spacial score (nSPS) is 16.9. The molecule has 0 spiro atoms. The number of carbonyl (C=O) groups excluding carboxylic acids is 1. The van der Waals surface area contributed by atoms with E-state index >= 15 is 0 Å². The molecule has 2 aromatic carbocycles. The molecule has 0 fully saturated rings. The molecule has 0 bridgehead atoms. The highest BCUT2D eigenvalue weighted by Crippen LogP contribution is 2.24. The van der Waals surface area contributed by atoms with E-state index in [0.717, 1.165) is 22.9 Å². The summed E-state index contributed by atoms with van der Waals surface area (Å²) in [6, 6.07) is 13.8. The molecule has 0 saturated carbocycles. The minimum absolute atomic E-state index is 0.134. The first kappa shape index (κ1) is 21.5. The van der Waals surface area contributed by atoms with Gasteiger partial charge in [-0.15, -0.1) is 0 Å². The summed E-state index contributed by atoms with van der Waals surface area (Å²) >= 11 is 3.51. The molecular weight excluding hydrogens is 454 g/mol. The predicted molar refractivity (Wildman–Crippen MR) is 117 cm³/mol. The highest BCUT2D eigenvalue weighted by atomic mass is 79.9. The molecule has 29 heavy (non-hydrogen) atoms. The van der Waals surface area contributed by atoms with Crippen molar-refractivity contribution in [2.75, 3.05) is 7.05 Å². The molecule has 6 nitrogen and oxygen atoms in total. The van der Waals surface area contributed by atoms with E-state index in [0.29, 0.717) is 18.5 Å². The lowest BCUT2D eigenvalue weighted by molar-refractivity contribution is -0.131. The maximum Gasteiger partial charge on any atom is 0.263 e. The molecule has 0 aliphatic carbocycles. The van der Waals surface area contributed by atoms with E-state index in [1.165, 1.54) is 0 Å². The lowest BCUT2D eigenvalue weighted by atomic mass is 10.1. The van der Waals surface area contributed by atoms with Gasteiger partial charge < -0.3 is 4.90 Å². The van der Waals surface area contributed by atoms with Crippen LogP contribution < -0.4 is 4.72 Å². The fourth-order valence-corrected chi connectivity index (χ4v) is 4.89. The van der Waals surface area contributed by atoms with Crippen LogP contribution in [0.5, 0.6) is 0 Å². The number of sulfonamides is 1. The molecule has 0 saturated heterocycles. The number of benzene rings is 2. The average molecular weight is 478 g/mol. The third-order valence-corrected chi connectivity index (χ3v) is 6.98. The summed E-state index contributed by atoms with van der Waals surface area (Å²) in [6.07, 6.45) is 2.30. The fourth-order valence-electron chi connectivity index (χ4n) is 3.24. The SMILES string of the molecule is CCCCC(N=C1NS(=O)(=O)c2ccccc21)C(=O)N(C)Cc1ccccc1Br. The fraction of sp³-hybridized carbons (Fsp3) is 0.333. The van der Waals surface area contributed by atoms with Crippen molar-refractivity contribution < 1.29 is 13.2 Å². The Morgan fingerprint density at radius 1 is 1.17 bits per heavy atom. The zero-order chi connectivity index (χ0) is 21.0. The topological polar surface area (TPSA) is 78.8 Å². The Morgan fingerprint density at radius 2 is 1.86 bits per heavy atom. The second kappa shape index (κ2) is 9.09. The van der Waals surface area contributed by atoms with Crippen molar-refractivity contribution in [3.63, 3.8) is 0 Å². The predicted octanol–water partition coefficient (Wildman–Crippen LogP) is 3.71. The number of nitrogens with one attached hydrogen (secondary N) is 1. The molecule has 1 amide bonds. The third-order valence-electron chi connectivity index (χ3n) is 4.81. The Morgan fingerprint density at radius 3 is 2.59 bits per heavy atom. The maximum atomic E-state index is 13.2. The van der Waals surface area contributed by atoms with Gasteiger partial charge in [-0.05, 0) is 30.2 Å². The van der Waals surface area contributed by atoms with Gasteiger partial charge in [-0.1, -0.05) is 66.0 Å². The second-order valence-corrected chi connectivity index (χ2v) is 9.53. The van der Waals surface area contributed by atoms with Crippen LogP contribution in [0.25, 0.3) is 0 Å². The summed E-state index contributed by atoms with van der Waals surface area (Å²) in [4.78, 5) is 19.5. The smallest absolute Gasteiger partial charge is 0.263 e. The van der Waals surface area contributed by atoms with Crippen LogP contribution in [-0.2, 0) is 21.4 Å². The van der Waals surface area contributed by atoms with Gasteiger partial charge in [-0.3, -0.25) is 14.5 Å². The van der Waals surface area contributed by atoms with E-state index < -0.39 is 16.1 Å². The molecule has 1 aliphatic rings. The highest BCUT2D eigenvalue weighted by Gasteiger charge is 2.32. The molecule has 1 N–H and O–H groups in total. The Kier molecular flexibility index (Phi) is 6.74. The van der Waals surface area contributed by atoms with Crippen LogP contribution >= 0.6 is 15.9 Å². The number of fused-ring (bicyclic) bond motifs is 1. The van der Waals surface area contributed by atoms with Crippen molar-refractivity contribution in [1.82, 2.24) is 9.62 Å². The number of nitrogens with zero attached hydrogens (tertiary/aromatic N) is 2. The van der Waals surface area contributed by atoms with Crippen LogP contribution in [0.4, 0.5) is 0 Å². The number of aliphatic imine (C=N–C) groups is 1. The van der Waals surface area contributed by atoms with Gasteiger partial charge in [0.2, 0.25) is 5.91 Å². The van der Waals surface area contributed by atoms with Crippen molar-refractivity contribution in [3.05, 3.63) is 64.1 Å². The van der Waals surface area contributed by atoms with Crippen LogP contribution in [0.2, 0.25) is 0 Å². The number of hydrogen-bond acceptors (Lipinski definition) is 4. The van der Waals surface area contributed by atoms with Gasteiger partial charge in [-0.25, -0.2) is 8.42 Å². The summed E-state index contributed by atoms with van der Waals surface area (Å²) < 4.78 is 28.1. The van der Waals surface area contributed by atoms with Crippen LogP contribution in [0.1, 0.15) is 37.3 Å². The Balaban J connectivity index is 1.87. The largest absolute Gasteiger partial charge is 0.340 e. The van der Waals surface area contributed by atoms with Crippen LogP contribution in [0.15, 0.2) is 62.9 Å². The zero-order valence-electron chi connectivity index (χ0n) is 16.4. The molecule has 1 heterocycles. The maximum absolute atomic E-state index is 13.2. The quantitative estimate of drug-likeness (QED) is 0.659. The number of halogens is 1. The third kappa shape index (κ3) is 4.87. The molecule has 0 aromatic heterocycles. The number of likely N-dealkylation sites (N-methyl/N-ethyl adjacent to an activating group) is 1. The molecule has 3 rings (SSSR count). The van der Waals surface area contributed by atoms with E-state index in [1.54, 1.807) is 36.2 Å². The van der Waals surface area contributed by atoms with E-state index in [9.17, 15) is 13.2 Å². The molecule has 2 aromatic rings. The van der Waals surface area contributed by atoms with Gasteiger partial charge in [0.05, 0.1) is 4.90 Å². The molecular formula is C21H24BrN3O3S. The molecule has 1 unspecified atom stereocenters. The van der Waals surface area contributed by atoms with Crippen molar-refractivity contribution in [2.24, 2.45) is 4.99 Å². The zero-order valence-corrected chi connectivity index (χ0v) is 18.8. The van der Waals surface area contributed by atoms with Gasteiger partial charge in [0.15, 0.2) is 0 Å². The number of amides is 1. The summed E-state index contributed by atoms with van der Waals surface area (Å²) in [5.41, 5.74) is 1.51. The van der Waals surface area contributed by atoms with E-state index in [1.807, 2.05) is 31.2 Å². The minimum Gasteiger partial charge on any atom is -0.340 e. The van der Waals surface area contributed by atoms with Gasteiger partial charge in [0.1, 0.15) is 11.9 Å². The Hall–Kier alpha value is -2.19. The first-order valence-electron chi connectivity index (χ1n) is 9.52. The molecule has 154 valence electrons. The summed E-state index contributed by atoms with van der Waals surface area (Å²) in [6.45, 7) is 2.49. The Bertz CT molecular complexity index is 1040. The van der Waals surface area contributed by atoms with E-state index in [-0.39, 0.29) is 16.6 Å². The Labute approximate surface area is 180 Å². The first-order valence-corrected chi connectivity index (χ1v) is 11.8. The van der Waals surface area contributed by atoms with Gasteiger partial charge in [0, 0.05) is 23.6 Å². The number of amidine groups is 1. The monoisotopic (exact) mass is 477 g/mol. The van der Waals surface area contributed by atoms with Crippen LogP contribution in [0.3, 0.4) is 0 Å². The lowest BCUT2D eigenvalue weighted by Crippen LogP contribution is -2.37. The van der Waals surface area contributed by atoms with E-state index in [4.69, 9.17) is 0 Å². The van der Waals surface area contributed by atoms with Gasteiger partial charge >= 0.3 is 0 Å². The number of carbonyl (C=O) groups is 1. The van der Waals surface area contributed by atoms with Crippen molar-refractivity contribution in [2.45, 2.75) is 43.7 Å². The summed E-state index contributed by atoms with van der Waals surface area (Å²) in [5, 5.41) is 0. The average Bonchev–Trinajstić information content (AvgIpc) is 2.96. The molecule has 0 radical (unpaired) electrons. The van der Waals surface area contributed by atoms with Crippen molar-refractivity contribution in [3.8, 4) is 0 Å². The van der Waals surface area contributed by atoms with Gasteiger partial charge in [0.25, 0.3) is 10.0 Å². The van der Waals surface area contributed by atoms with Gasteiger partial charge in [-0.2, -0.15) is 0 Å². The second-order valence-electron chi connectivity index (χ2n) is 7.02. The van der Waals surface area contributed by atoms with Crippen LogP contribution in [0, 0.1) is 0 Å². The first-order chi connectivity index (χ1) is 13.8. The molecule has 1 atom stereocenters. The lowest BCUT2D eigenvalue weighted by Gasteiger charge is -2.22. The van der Waals surface area contributed by atoms with Crippen molar-refractivity contribution in [1.29, 1.82) is 0 Å². The summed E-state index contributed by atoms with van der Waals surface area (Å²) in [5.74, 6) is 0.106. The summed E-state index contributed by atoms with van der Waals surface area (Å²) in [7, 11) is -1.89. The molecule has 8 heteroatoms. The van der Waals surface area contributed by atoms with Crippen LogP contribution in [-0.4, -0.2) is 38.2 Å². The molecule has 1 aliphatic heterocycles. The number of unbranched alkanes of at least 4 members (excludes halogenated alkanes) is 1. The number of hydrogen-bond donors (Lipinski definition) is 1. The standard InChI is InChI=1S/C21H24BrN3O3S/c1-3-4-12-18(21(26)25(2)14-15-9-5-7-11-17(15)22)23-20-16-10-6-8-13-19(16)29(27,28)24-20/h5-11,13,18H,3-4,12,14H2,1-2H3,(H,23,24). The van der Waals surface area contributed by atoms with E-state index in [2.05, 4.69) is 25.6 Å². The minimum atomic E-state index is -3.63. The van der Waals surface area contributed by atoms with Crippen molar-refractivity contribution >= 4 is 37.7 Å². The number of rotatable bonds is 7.